The quantitative estimate of drug-likeness (QED) is 0.712. The summed E-state index contributed by atoms with van der Waals surface area (Å²) in [5.41, 5.74) is -0.591. The van der Waals surface area contributed by atoms with E-state index in [9.17, 15) is 9.59 Å². The molecule has 16 heavy (non-hydrogen) atoms. The maximum absolute atomic E-state index is 11.9. The number of carbonyl (C=O) groups excluding carboxylic acids is 2. The Hall–Kier alpha value is -1.98. The van der Waals surface area contributed by atoms with Crippen molar-refractivity contribution in [1.29, 1.82) is 0 Å². The van der Waals surface area contributed by atoms with Gasteiger partial charge in [0.25, 0.3) is 5.91 Å². The van der Waals surface area contributed by atoms with Gasteiger partial charge in [-0.05, 0) is 18.9 Å². The second-order valence-corrected chi connectivity index (χ2v) is 4.07. The van der Waals surface area contributed by atoms with E-state index in [1.165, 1.54) is 4.90 Å². The topological polar surface area (TPSA) is 75.2 Å². The molecule has 2 aliphatic rings. The molecule has 1 aromatic heterocycles. The molecule has 3 amide bonds. The number of amides is 3. The van der Waals surface area contributed by atoms with Gasteiger partial charge in [-0.15, -0.1) is 0 Å². The summed E-state index contributed by atoms with van der Waals surface area (Å²) >= 11 is 0. The largest absolute Gasteiger partial charge is 0.325 e. The predicted octanol–water partition coefficient (Wildman–Crippen LogP) is 0.0610. The number of aromatic nitrogens is 2. The highest BCUT2D eigenvalue weighted by Gasteiger charge is 2.59. The molecule has 1 spiro atoms. The van der Waals surface area contributed by atoms with Gasteiger partial charge < -0.3 is 5.32 Å². The molecular formula is C10H10N4O2. The molecule has 2 fully saturated rings. The fourth-order valence-electron chi connectivity index (χ4n) is 1.84. The Kier molecular flexibility index (Phi) is 1.74. The maximum Gasteiger partial charge on any atom is 0.325 e. The van der Waals surface area contributed by atoms with Crippen LogP contribution in [0.3, 0.4) is 0 Å². The lowest BCUT2D eigenvalue weighted by atomic mass is 10.3. The molecule has 0 atom stereocenters. The summed E-state index contributed by atoms with van der Waals surface area (Å²) in [5, 5.41) is 2.71. The Morgan fingerprint density at radius 1 is 1.31 bits per heavy atom. The number of hydrogen-bond donors (Lipinski definition) is 1. The van der Waals surface area contributed by atoms with E-state index in [4.69, 9.17) is 0 Å². The van der Waals surface area contributed by atoms with E-state index in [-0.39, 0.29) is 18.5 Å². The minimum atomic E-state index is -0.591. The van der Waals surface area contributed by atoms with Gasteiger partial charge in [-0.3, -0.25) is 9.69 Å². The molecule has 1 N–H and O–H groups in total. The molecular weight excluding hydrogens is 208 g/mol. The van der Waals surface area contributed by atoms with Gasteiger partial charge in [-0.2, -0.15) is 0 Å². The lowest BCUT2D eigenvalue weighted by molar-refractivity contribution is -0.128. The first-order valence-electron chi connectivity index (χ1n) is 5.11. The summed E-state index contributed by atoms with van der Waals surface area (Å²) in [6.45, 7) is 0.146. The summed E-state index contributed by atoms with van der Waals surface area (Å²) in [7, 11) is 0. The average molecular weight is 218 g/mol. The lowest BCUT2D eigenvalue weighted by Gasteiger charge is -2.10. The molecule has 0 unspecified atom stereocenters. The van der Waals surface area contributed by atoms with Crippen LogP contribution in [-0.4, -0.2) is 32.3 Å². The summed E-state index contributed by atoms with van der Waals surface area (Å²) in [6.07, 6.45) is 4.66. The van der Waals surface area contributed by atoms with E-state index >= 15 is 0 Å². The number of imide groups is 1. The van der Waals surface area contributed by atoms with E-state index in [0.29, 0.717) is 5.82 Å². The smallest absolute Gasteiger partial charge is 0.323 e. The molecule has 1 saturated carbocycles. The van der Waals surface area contributed by atoms with Crippen LogP contribution < -0.4 is 5.32 Å². The second kappa shape index (κ2) is 3.01. The SMILES string of the molecule is O=C1NC2(CC2)C(=O)N1Cc1ncccn1. The molecule has 0 aromatic carbocycles. The van der Waals surface area contributed by atoms with Crippen molar-refractivity contribution in [2.75, 3.05) is 0 Å². The fourth-order valence-corrected chi connectivity index (χ4v) is 1.84. The van der Waals surface area contributed by atoms with E-state index in [1.54, 1.807) is 18.5 Å². The van der Waals surface area contributed by atoms with Gasteiger partial charge in [0, 0.05) is 12.4 Å². The highest BCUT2D eigenvalue weighted by molar-refractivity contribution is 6.08. The van der Waals surface area contributed by atoms with Gasteiger partial charge in [-0.25, -0.2) is 14.8 Å². The Bertz CT molecular complexity index is 455. The molecule has 2 heterocycles. The van der Waals surface area contributed by atoms with Crippen molar-refractivity contribution in [1.82, 2.24) is 20.2 Å². The van der Waals surface area contributed by atoms with Crippen molar-refractivity contribution in [3.63, 3.8) is 0 Å². The molecule has 1 aromatic rings. The van der Waals surface area contributed by atoms with Crippen molar-refractivity contribution in [2.45, 2.75) is 24.9 Å². The lowest BCUT2D eigenvalue weighted by Crippen LogP contribution is -2.32. The van der Waals surface area contributed by atoms with E-state index in [0.717, 1.165) is 12.8 Å². The molecule has 0 bridgehead atoms. The zero-order valence-corrected chi connectivity index (χ0v) is 8.51. The summed E-state index contributed by atoms with van der Waals surface area (Å²) < 4.78 is 0. The van der Waals surface area contributed by atoms with Crippen LogP contribution in [0.5, 0.6) is 0 Å². The molecule has 1 saturated heterocycles. The monoisotopic (exact) mass is 218 g/mol. The first kappa shape index (κ1) is 9.26. The standard InChI is InChI=1S/C10H10N4O2/c15-8-10(2-3-10)13-9(16)14(8)6-7-11-4-1-5-12-7/h1,4-5H,2-3,6H2,(H,13,16). The highest BCUT2D eigenvalue weighted by atomic mass is 16.2. The minimum Gasteiger partial charge on any atom is -0.323 e. The van der Waals surface area contributed by atoms with Crippen molar-refractivity contribution < 1.29 is 9.59 Å². The van der Waals surface area contributed by atoms with E-state index in [2.05, 4.69) is 15.3 Å². The van der Waals surface area contributed by atoms with Gasteiger partial charge in [0.1, 0.15) is 11.4 Å². The van der Waals surface area contributed by atoms with Crippen LogP contribution in [0.25, 0.3) is 0 Å². The van der Waals surface area contributed by atoms with Crippen LogP contribution in [0.15, 0.2) is 18.5 Å². The molecule has 3 rings (SSSR count). The summed E-state index contributed by atoms with van der Waals surface area (Å²) in [5.74, 6) is 0.327. The zero-order valence-electron chi connectivity index (χ0n) is 8.51. The van der Waals surface area contributed by atoms with Gasteiger partial charge >= 0.3 is 6.03 Å². The molecule has 82 valence electrons. The normalized spacial score (nSPS) is 21.4. The highest BCUT2D eigenvalue weighted by Crippen LogP contribution is 2.40. The van der Waals surface area contributed by atoms with Gasteiger partial charge in [0.05, 0.1) is 6.54 Å². The average Bonchev–Trinajstić information content (AvgIpc) is 3.03. The Morgan fingerprint density at radius 3 is 2.56 bits per heavy atom. The van der Waals surface area contributed by atoms with Crippen LogP contribution >= 0.6 is 0 Å². The van der Waals surface area contributed by atoms with Gasteiger partial charge in [-0.1, -0.05) is 0 Å². The number of carbonyl (C=O) groups is 2. The number of rotatable bonds is 2. The first-order chi connectivity index (χ1) is 7.71. The number of hydrogen-bond acceptors (Lipinski definition) is 4. The summed E-state index contributed by atoms with van der Waals surface area (Å²) in [6, 6.07) is 1.35. The third-order valence-electron chi connectivity index (χ3n) is 2.91. The third-order valence-corrected chi connectivity index (χ3v) is 2.91. The van der Waals surface area contributed by atoms with Crippen molar-refractivity contribution >= 4 is 11.9 Å². The van der Waals surface area contributed by atoms with Crippen LogP contribution in [0.1, 0.15) is 18.7 Å². The van der Waals surface area contributed by atoms with Crippen LogP contribution in [0.2, 0.25) is 0 Å². The van der Waals surface area contributed by atoms with Crippen LogP contribution in [0, 0.1) is 0 Å². The zero-order chi connectivity index (χ0) is 11.2. The number of nitrogens with one attached hydrogen (secondary N) is 1. The number of nitrogens with zero attached hydrogens (tertiary/aromatic N) is 3. The molecule has 1 aliphatic heterocycles. The molecule has 1 aliphatic carbocycles. The van der Waals surface area contributed by atoms with Crippen molar-refractivity contribution in [2.24, 2.45) is 0 Å². The summed E-state index contributed by atoms with van der Waals surface area (Å²) in [4.78, 5) is 32.6. The minimum absolute atomic E-state index is 0.146. The van der Waals surface area contributed by atoms with Crippen LogP contribution in [-0.2, 0) is 11.3 Å². The third kappa shape index (κ3) is 1.26. The van der Waals surface area contributed by atoms with Crippen molar-refractivity contribution in [3.05, 3.63) is 24.3 Å². The number of urea groups is 1. The van der Waals surface area contributed by atoms with Gasteiger partial charge in [0.15, 0.2) is 0 Å². The second-order valence-electron chi connectivity index (χ2n) is 4.07. The van der Waals surface area contributed by atoms with Gasteiger partial charge in [0.2, 0.25) is 0 Å². The fraction of sp³-hybridized carbons (Fsp3) is 0.400. The van der Waals surface area contributed by atoms with Crippen molar-refractivity contribution in [3.8, 4) is 0 Å². The molecule has 6 heteroatoms. The molecule has 0 radical (unpaired) electrons. The van der Waals surface area contributed by atoms with E-state index in [1.807, 2.05) is 0 Å². The Balaban J connectivity index is 1.81. The Morgan fingerprint density at radius 2 is 2.00 bits per heavy atom. The first-order valence-corrected chi connectivity index (χ1v) is 5.11. The van der Waals surface area contributed by atoms with E-state index < -0.39 is 5.54 Å². The predicted molar refractivity (Wildman–Crippen MR) is 53.1 cm³/mol. The molecule has 6 nitrogen and oxygen atoms in total. The Labute approximate surface area is 91.7 Å². The van der Waals surface area contributed by atoms with Crippen LogP contribution in [0.4, 0.5) is 4.79 Å². The maximum atomic E-state index is 11.9.